The predicted molar refractivity (Wildman–Crippen MR) is 118 cm³/mol. The minimum Gasteiger partial charge on any atom is -0.545 e. The number of hydrogen-bond donors (Lipinski definition) is 0. The van der Waals surface area contributed by atoms with E-state index in [4.69, 9.17) is 0 Å². The average molecular weight is 437 g/mol. The van der Waals surface area contributed by atoms with Gasteiger partial charge in [-0.25, -0.2) is 0 Å². The molecule has 3 rings (SSSR count). The van der Waals surface area contributed by atoms with E-state index in [0.717, 1.165) is 38.2 Å². The highest BCUT2D eigenvalue weighted by Gasteiger charge is 2.30. The molecule has 0 aromatic heterocycles. The summed E-state index contributed by atoms with van der Waals surface area (Å²) in [7, 11) is 0. The third kappa shape index (κ3) is 8.35. The van der Waals surface area contributed by atoms with Crippen LogP contribution < -0.4 is 15.1 Å². The Balaban J connectivity index is 0.000000390. The van der Waals surface area contributed by atoms with Crippen LogP contribution in [-0.2, 0) is 20.8 Å². The molecule has 170 valence electrons. The largest absolute Gasteiger partial charge is 0.545 e. The van der Waals surface area contributed by atoms with E-state index in [2.05, 4.69) is 35.2 Å². The molecule has 7 heteroatoms. The Morgan fingerprint density at radius 3 is 2.06 bits per heavy atom. The molecule has 0 saturated carbocycles. The molecule has 1 aliphatic heterocycles. The van der Waals surface area contributed by atoms with Crippen molar-refractivity contribution in [3.63, 3.8) is 0 Å². The number of benzene rings is 2. The van der Waals surface area contributed by atoms with Gasteiger partial charge < -0.3 is 29.6 Å². The van der Waals surface area contributed by atoms with Gasteiger partial charge in [0.15, 0.2) is 0 Å². The number of hydrogen-bond acceptors (Lipinski definition) is 6. The quantitative estimate of drug-likeness (QED) is 0.567. The number of anilines is 1. The molecule has 1 heterocycles. The number of rotatable bonds is 8. The SMILES string of the molecule is CCC(=O)N(c1ccccc1)C1CCN(CCc2ccccc2)C1.O=C([O-])/C=C/C(=O)[O-]. The fraction of sp³-hybridized carbons (Fsp3) is 0.320. The number of aliphatic carboxylic acids is 2. The summed E-state index contributed by atoms with van der Waals surface area (Å²) in [6.45, 7) is 5.04. The standard InChI is InChI=1S/C21H26N2O.C4H4O4/c1-2-21(24)23(19-11-7-4-8-12-19)20-14-16-22(17-20)15-13-18-9-5-3-6-10-18;5-3(6)1-2-4(7)8/h3-12,20H,2,13-17H2,1H3;1-2H,(H,5,6)(H,7,8)/p-2/b;2-1+. The lowest BCUT2D eigenvalue weighted by atomic mass is 10.1. The van der Waals surface area contributed by atoms with Crippen LogP contribution in [0.25, 0.3) is 0 Å². The Hall–Kier alpha value is -3.45. The number of carboxylic acid groups (broad SMARTS) is 2. The van der Waals surface area contributed by atoms with Crippen LogP contribution in [0.5, 0.6) is 0 Å². The first-order valence-electron chi connectivity index (χ1n) is 10.6. The van der Waals surface area contributed by atoms with E-state index < -0.39 is 11.9 Å². The van der Waals surface area contributed by atoms with Gasteiger partial charge in [0.2, 0.25) is 5.91 Å². The number of carbonyl (C=O) groups excluding carboxylic acids is 3. The lowest BCUT2D eigenvalue weighted by molar-refractivity contribution is -0.301. The van der Waals surface area contributed by atoms with Crippen LogP contribution in [0, 0.1) is 0 Å². The molecule has 0 radical (unpaired) electrons. The number of carboxylic acids is 2. The first kappa shape index (κ1) is 24.8. The molecule has 1 atom stereocenters. The van der Waals surface area contributed by atoms with Crippen molar-refractivity contribution in [1.82, 2.24) is 4.90 Å². The Morgan fingerprint density at radius 2 is 1.53 bits per heavy atom. The number of carbonyl (C=O) groups is 3. The van der Waals surface area contributed by atoms with Crippen molar-refractivity contribution >= 4 is 23.5 Å². The van der Waals surface area contributed by atoms with Gasteiger partial charge in [-0.3, -0.25) is 4.79 Å². The molecule has 2 aromatic carbocycles. The zero-order valence-electron chi connectivity index (χ0n) is 18.2. The molecule has 1 fully saturated rings. The Morgan fingerprint density at radius 1 is 0.969 bits per heavy atom. The molecule has 0 aliphatic carbocycles. The lowest BCUT2D eigenvalue weighted by Crippen LogP contribution is -2.42. The molecule has 0 N–H and O–H groups in total. The van der Waals surface area contributed by atoms with Gasteiger partial charge in [-0.2, -0.15) is 0 Å². The van der Waals surface area contributed by atoms with Crippen molar-refractivity contribution in [2.75, 3.05) is 24.5 Å². The van der Waals surface area contributed by atoms with Crippen molar-refractivity contribution in [2.45, 2.75) is 32.2 Å². The molecule has 1 unspecified atom stereocenters. The van der Waals surface area contributed by atoms with Crippen molar-refractivity contribution in [1.29, 1.82) is 0 Å². The fourth-order valence-corrected chi connectivity index (χ4v) is 3.61. The van der Waals surface area contributed by atoms with Gasteiger partial charge in [-0.05, 0) is 42.7 Å². The highest BCUT2D eigenvalue weighted by molar-refractivity contribution is 5.93. The normalized spacial score (nSPS) is 15.7. The molecular weight excluding hydrogens is 408 g/mol. The minimum absolute atomic E-state index is 0.219. The van der Waals surface area contributed by atoms with Crippen LogP contribution in [0.15, 0.2) is 72.8 Å². The molecule has 1 saturated heterocycles. The van der Waals surface area contributed by atoms with E-state index in [1.165, 1.54) is 5.56 Å². The van der Waals surface area contributed by atoms with E-state index >= 15 is 0 Å². The Labute approximate surface area is 188 Å². The molecule has 7 nitrogen and oxygen atoms in total. The van der Waals surface area contributed by atoms with Crippen LogP contribution >= 0.6 is 0 Å². The van der Waals surface area contributed by atoms with Crippen molar-refractivity contribution in [3.8, 4) is 0 Å². The molecule has 0 spiro atoms. The van der Waals surface area contributed by atoms with E-state index in [9.17, 15) is 24.6 Å². The lowest BCUT2D eigenvalue weighted by Gasteiger charge is -2.29. The van der Waals surface area contributed by atoms with E-state index in [-0.39, 0.29) is 11.9 Å². The average Bonchev–Trinajstić information content (AvgIpc) is 3.26. The summed E-state index contributed by atoms with van der Waals surface area (Å²) in [5, 5.41) is 18.8. The van der Waals surface area contributed by atoms with Gasteiger partial charge in [0.25, 0.3) is 0 Å². The highest BCUT2D eigenvalue weighted by atomic mass is 16.4. The maximum Gasteiger partial charge on any atom is 0.227 e. The third-order valence-electron chi connectivity index (χ3n) is 5.13. The van der Waals surface area contributed by atoms with Crippen LogP contribution in [0.3, 0.4) is 0 Å². The van der Waals surface area contributed by atoms with Crippen LogP contribution in [0.1, 0.15) is 25.3 Å². The van der Waals surface area contributed by atoms with Gasteiger partial charge in [0.05, 0.1) is 18.0 Å². The van der Waals surface area contributed by atoms with Crippen molar-refractivity contribution in [3.05, 3.63) is 78.4 Å². The molecule has 0 bridgehead atoms. The zero-order chi connectivity index (χ0) is 23.3. The van der Waals surface area contributed by atoms with Gasteiger partial charge >= 0.3 is 0 Å². The summed E-state index contributed by atoms with van der Waals surface area (Å²) < 4.78 is 0. The van der Waals surface area contributed by atoms with Crippen LogP contribution in [-0.4, -0.2) is 48.4 Å². The third-order valence-corrected chi connectivity index (χ3v) is 5.13. The van der Waals surface area contributed by atoms with E-state index in [0.29, 0.717) is 18.6 Å². The molecule has 1 aliphatic rings. The second kappa shape index (κ2) is 13.1. The number of nitrogens with zero attached hydrogens (tertiary/aromatic N) is 2. The summed E-state index contributed by atoms with van der Waals surface area (Å²) in [5.41, 5.74) is 2.41. The summed E-state index contributed by atoms with van der Waals surface area (Å²) in [4.78, 5) is 35.8. The summed E-state index contributed by atoms with van der Waals surface area (Å²) in [5.74, 6) is -2.88. The van der Waals surface area contributed by atoms with Gasteiger partial charge in [-0.15, -0.1) is 0 Å². The van der Waals surface area contributed by atoms with Crippen molar-refractivity contribution in [2.24, 2.45) is 0 Å². The first-order valence-corrected chi connectivity index (χ1v) is 10.6. The summed E-state index contributed by atoms with van der Waals surface area (Å²) in [6, 6.07) is 21.0. The molecular formula is C25H28N2O5-2. The minimum atomic E-state index is -1.55. The van der Waals surface area contributed by atoms with E-state index in [1.807, 2.05) is 42.2 Å². The van der Waals surface area contributed by atoms with Gasteiger partial charge in [0, 0.05) is 31.7 Å². The smallest absolute Gasteiger partial charge is 0.227 e. The molecule has 32 heavy (non-hydrogen) atoms. The van der Waals surface area contributed by atoms with E-state index in [1.54, 1.807) is 0 Å². The second-order valence-electron chi connectivity index (χ2n) is 7.40. The van der Waals surface area contributed by atoms with Gasteiger partial charge in [0.1, 0.15) is 0 Å². The predicted octanol–water partition coefficient (Wildman–Crippen LogP) is 0.789. The second-order valence-corrected chi connectivity index (χ2v) is 7.40. The van der Waals surface area contributed by atoms with Crippen LogP contribution in [0.4, 0.5) is 5.69 Å². The topological polar surface area (TPSA) is 104 Å². The Kier molecular flexibility index (Phi) is 10.1. The summed E-state index contributed by atoms with van der Waals surface area (Å²) in [6.07, 6.45) is 3.44. The number of likely N-dealkylation sites (tertiary alicyclic amines) is 1. The fourth-order valence-electron chi connectivity index (χ4n) is 3.61. The monoisotopic (exact) mass is 436 g/mol. The number of amides is 1. The summed E-state index contributed by atoms with van der Waals surface area (Å²) >= 11 is 0. The van der Waals surface area contributed by atoms with Gasteiger partial charge in [-0.1, -0.05) is 55.5 Å². The highest BCUT2D eigenvalue weighted by Crippen LogP contribution is 2.24. The Bertz CT molecular complexity index is 883. The zero-order valence-corrected chi connectivity index (χ0v) is 18.2. The number of para-hydroxylation sites is 1. The molecule has 2 aromatic rings. The maximum absolute atomic E-state index is 12.5. The van der Waals surface area contributed by atoms with Crippen LogP contribution in [0.2, 0.25) is 0 Å². The maximum atomic E-state index is 12.5. The first-order chi connectivity index (χ1) is 15.4. The van der Waals surface area contributed by atoms with Crippen molar-refractivity contribution < 1.29 is 24.6 Å². The molecule has 1 amide bonds.